The van der Waals surface area contributed by atoms with Crippen LogP contribution in [-0.2, 0) is 11.3 Å². The third-order valence-corrected chi connectivity index (χ3v) is 3.79. The second-order valence-electron chi connectivity index (χ2n) is 5.27. The van der Waals surface area contributed by atoms with Crippen LogP contribution in [0.25, 0.3) is 0 Å². The normalized spacial score (nSPS) is 18.3. The highest BCUT2D eigenvalue weighted by Crippen LogP contribution is 2.31. The van der Waals surface area contributed by atoms with Crippen molar-refractivity contribution >= 4 is 23.2 Å². The Morgan fingerprint density at radius 3 is 2.89 bits per heavy atom. The minimum Gasteiger partial charge on any atom is -0.355 e. The van der Waals surface area contributed by atoms with Crippen molar-refractivity contribution in [1.29, 1.82) is 0 Å². The Morgan fingerprint density at radius 1 is 1.47 bits per heavy atom. The summed E-state index contributed by atoms with van der Waals surface area (Å²) in [7, 11) is 1.91. The minimum absolute atomic E-state index is 0.0501. The van der Waals surface area contributed by atoms with Crippen molar-refractivity contribution < 1.29 is 4.79 Å². The first kappa shape index (κ1) is 14.2. The molecule has 0 spiro atoms. The van der Waals surface area contributed by atoms with Crippen molar-refractivity contribution in [3.8, 4) is 0 Å². The third kappa shape index (κ3) is 2.69. The summed E-state index contributed by atoms with van der Waals surface area (Å²) in [6, 6.07) is 5.83. The fourth-order valence-electron chi connectivity index (χ4n) is 2.45. The number of piperazine rings is 1. The summed E-state index contributed by atoms with van der Waals surface area (Å²) in [6.07, 6.45) is 0. The lowest BCUT2D eigenvalue weighted by molar-refractivity contribution is -0.126. The number of benzene rings is 1. The molecule has 1 fully saturated rings. The van der Waals surface area contributed by atoms with Crippen LogP contribution >= 0.6 is 11.6 Å². The molecule has 0 radical (unpaired) electrons. The molecule has 0 bridgehead atoms. The Bertz CT molecular complexity index is 488. The maximum absolute atomic E-state index is 12.1. The lowest BCUT2D eigenvalue weighted by Gasteiger charge is -2.43. The number of hydrogen-bond acceptors (Lipinski definition) is 3. The van der Waals surface area contributed by atoms with E-state index in [1.54, 1.807) is 0 Å². The van der Waals surface area contributed by atoms with E-state index in [1.165, 1.54) is 0 Å². The van der Waals surface area contributed by atoms with E-state index >= 15 is 0 Å². The van der Waals surface area contributed by atoms with Crippen molar-refractivity contribution in [2.24, 2.45) is 0 Å². The van der Waals surface area contributed by atoms with Crippen molar-refractivity contribution in [3.05, 3.63) is 28.8 Å². The van der Waals surface area contributed by atoms with Crippen LogP contribution in [-0.4, -0.2) is 31.6 Å². The van der Waals surface area contributed by atoms with Gasteiger partial charge in [-0.15, -0.1) is 0 Å². The molecular formula is C14H20ClN3O. The van der Waals surface area contributed by atoms with E-state index in [9.17, 15) is 4.79 Å². The van der Waals surface area contributed by atoms with E-state index in [-0.39, 0.29) is 5.91 Å². The van der Waals surface area contributed by atoms with Gasteiger partial charge < -0.3 is 15.5 Å². The molecule has 0 aliphatic carbocycles. The molecule has 1 aromatic carbocycles. The van der Waals surface area contributed by atoms with Gasteiger partial charge in [0, 0.05) is 30.3 Å². The molecule has 0 atom stereocenters. The van der Waals surface area contributed by atoms with Gasteiger partial charge in [-0.3, -0.25) is 4.79 Å². The number of halogens is 1. The highest BCUT2D eigenvalue weighted by atomic mass is 35.5. The topological polar surface area (TPSA) is 44.4 Å². The minimum atomic E-state index is -0.564. The molecule has 0 unspecified atom stereocenters. The zero-order valence-electron chi connectivity index (χ0n) is 11.6. The van der Waals surface area contributed by atoms with Gasteiger partial charge in [-0.1, -0.05) is 17.7 Å². The fraction of sp³-hybridized carbons (Fsp3) is 0.500. The van der Waals surface area contributed by atoms with E-state index in [2.05, 4.69) is 15.5 Å². The second kappa shape index (κ2) is 5.39. The molecular weight excluding hydrogens is 262 g/mol. The van der Waals surface area contributed by atoms with Crippen molar-refractivity contribution in [2.45, 2.75) is 25.9 Å². The Hall–Kier alpha value is -1.26. The number of carbonyl (C=O) groups is 1. The van der Waals surface area contributed by atoms with Crippen LogP contribution in [0.3, 0.4) is 0 Å². The number of hydrogen-bond donors (Lipinski definition) is 2. The van der Waals surface area contributed by atoms with Crippen LogP contribution in [0.1, 0.15) is 19.4 Å². The lowest BCUT2D eigenvalue weighted by Crippen LogP contribution is -2.62. The Labute approximate surface area is 119 Å². The monoisotopic (exact) mass is 281 g/mol. The number of nitrogens with zero attached hydrogens (tertiary/aromatic N) is 1. The van der Waals surface area contributed by atoms with Gasteiger partial charge in [0.25, 0.3) is 0 Å². The summed E-state index contributed by atoms with van der Waals surface area (Å²) < 4.78 is 0. The predicted octanol–water partition coefficient (Wildman–Crippen LogP) is 1.77. The summed E-state index contributed by atoms with van der Waals surface area (Å²) >= 11 is 6.12. The molecule has 1 heterocycles. The number of carbonyl (C=O) groups excluding carboxylic acids is 1. The van der Waals surface area contributed by atoms with Gasteiger partial charge >= 0.3 is 0 Å². The summed E-state index contributed by atoms with van der Waals surface area (Å²) in [5, 5.41) is 6.75. The molecule has 19 heavy (non-hydrogen) atoms. The maximum atomic E-state index is 12.1. The van der Waals surface area contributed by atoms with Gasteiger partial charge in [0.1, 0.15) is 5.54 Å². The molecule has 1 aliphatic heterocycles. The molecule has 4 nitrogen and oxygen atoms in total. The number of amides is 1. The van der Waals surface area contributed by atoms with Crippen molar-refractivity contribution in [2.75, 3.05) is 25.0 Å². The molecule has 5 heteroatoms. The molecule has 0 aromatic heterocycles. The van der Waals surface area contributed by atoms with Gasteiger partial charge in [-0.05, 0) is 38.6 Å². The van der Waals surface area contributed by atoms with Gasteiger partial charge in [0.15, 0.2) is 0 Å². The van der Waals surface area contributed by atoms with Gasteiger partial charge in [-0.2, -0.15) is 0 Å². The highest BCUT2D eigenvalue weighted by molar-refractivity contribution is 6.30. The molecule has 1 amide bonds. The Morgan fingerprint density at radius 2 is 2.21 bits per heavy atom. The van der Waals surface area contributed by atoms with Crippen LogP contribution in [0, 0.1) is 0 Å². The standard InChI is InChI=1S/C14H20ClN3O/c1-14(2)13(19)17-6-7-18(14)12-8-11(15)5-4-10(12)9-16-3/h4-5,8,16H,6-7,9H2,1-3H3,(H,17,19). The number of rotatable bonds is 3. The van der Waals surface area contributed by atoms with Crippen molar-refractivity contribution in [3.63, 3.8) is 0 Å². The lowest BCUT2D eigenvalue weighted by atomic mass is 9.96. The molecule has 1 aliphatic rings. The van der Waals surface area contributed by atoms with E-state index in [0.29, 0.717) is 11.6 Å². The average molecular weight is 282 g/mol. The van der Waals surface area contributed by atoms with E-state index in [0.717, 1.165) is 24.3 Å². The van der Waals surface area contributed by atoms with Gasteiger partial charge in [0.05, 0.1) is 0 Å². The SMILES string of the molecule is CNCc1ccc(Cl)cc1N1CCNC(=O)C1(C)C. The molecule has 104 valence electrons. The maximum Gasteiger partial charge on any atom is 0.245 e. The summed E-state index contributed by atoms with van der Waals surface area (Å²) in [5.74, 6) is 0.0501. The second-order valence-corrected chi connectivity index (χ2v) is 5.71. The average Bonchev–Trinajstić information content (AvgIpc) is 2.35. The highest BCUT2D eigenvalue weighted by Gasteiger charge is 2.38. The first-order chi connectivity index (χ1) is 8.96. The van der Waals surface area contributed by atoms with Crippen LogP contribution in [0.2, 0.25) is 5.02 Å². The summed E-state index contributed by atoms with van der Waals surface area (Å²) in [4.78, 5) is 14.2. The fourth-order valence-corrected chi connectivity index (χ4v) is 2.62. The van der Waals surface area contributed by atoms with Gasteiger partial charge in [0.2, 0.25) is 5.91 Å². The quantitative estimate of drug-likeness (QED) is 0.888. The number of anilines is 1. The zero-order valence-corrected chi connectivity index (χ0v) is 12.3. The van der Waals surface area contributed by atoms with Crippen LogP contribution in [0.4, 0.5) is 5.69 Å². The van der Waals surface area contributed by atoms with E-state index < -0.39 is 5.54 Å². The molecule has 1 saturated heterocycles. The zero-order chi connectivity index (χ0) is 14.0. The Balaban J connectivity index is 2.44. The Kier molecular flexibility index (Phi) is 4.02. The van der Waals surface area contributed by atoms with Gasteiger partial charge in [-0.25, -0.2) is 0 Å². The van der Waals surface area contributed by atoms with Crippen LogP contribution in [0.15, 0.2) is 18.2 Å². The first-order valence-electron chi connectivity index (χ1n) is 6.46. The largest absolute Gasteiger partial charge is 0.355 e. The molecule has 2 rings (SSSR count). The smallest absolute Gasteiger partial charge is 0.245 e. The van der Waals surface area contributed by atoms with Crippen molar-refractivity contribution in [1.82, 2.24) is 10.6 Å². The number of nitrogens with one attached hydrogen (secondary N) is 2. The summed E-state index contributed by atoms with van der Waals surface area (Å²) in [5.41, 5.74) is 1.61. The predicted molar refractivity (Wildman–Crippen MR) is 78.7 cm³/mol. The molecule has 1 aromatic rings. The molecule has 0 saturated carbocycles. The molecule has 2 N–H and O–H groups in total. The summed E-state index contributed by atoms with van der Waals surface area (Å²) in [6.45, 7) is 6.07. The van der Waals surface area contributed by atoms with E-state index in [4.69, 9.17) is 11.6 Å². The third-order valence-electron chi connectivity index (χ3n) is 3.56. The first-order valence-corrected chi connectivity index (χ1v) is 6.83. The van der Waals surface area contributed by atoms with E-state index in [1.807, 2.05) is 39.1 Å². The van der Waals surface area contributed by atoms with Crippen LogP contribution < -0.4 is 15.5 Å². The van der Waals surface area contributed by atoms with Crippen LogP contribution in [0.5, 0.6) is 0 Å².